The first-order valence-electron chi connectivity index (χ1n) is 25.3. The Labute approximate surface area is 418 Å². The molecule has 0 bridgehead atoms. The van der Waals surface area contributed by atoms with E-state index < -0.39 is 0 Å². The summed E-state index contributed by atoms with van der Waals surface area (Å²) >= 11 is 0. The molecule has 3 aliphatic rings. The van der Waals surface area contributed by atoms with Crippen molar-refractivity contribution in [2.45, 2.75) is 50.9 Å². The number of hydrogen-bond acceptors (Lipinski definition) is 1. The van der Waals surface area contributed by atoms with Gasteiger partial charge in [-0.25, -0.2) is 0 Å². The van der Waals surface area contributed by atoms with E-state index in [2.05, 4.69) is 275 Å². The molecule has 1 atom stereocenters. The largest absolute Gasteiger partial charge is 0.310 e. The lowest BCUT2D eigenvalue weighted by atomic mass is 9.80. The lowest BCUT2D eigenvalue weighted by molar-refractivity contribution is 0.658. The number of benzene rings is 10. The van der Waals surface area contributed by atoms with Crippen LogP contribution in [0.25, 0.3) is 72.0 Å². The molecule has 0 N–H and O–H groups in total. The van der Waals surface area contributed by atoms with Crippen molar-refractivity contribution in [1.82, 2.24) is 0 Å². The van der Waals surface area contributed by atoms with E-state index in [0.717, 1.165) is 23.5 Å². The number of nitrogens with zero attached hydrogens (tertiary/aromatic N) is 1. The Morgan fingerprint density at radius 1 is 0.366 bits per heavy atom. The Morgan fingerprint density at radius 3 is 1.48 bits per heavy atom. The van der Waals surface area contributed by atoms with Crippen molar-refractivity contribution in [1.29, 1.82) is 0 Å². The van der Waals surface area contributed by atoms with Crippen molar-refractivity contribution in [3.63, 3.8) is 0 Å². The smallest absolute Gasteiger partial charge is 0.0465 e. The quantitative estimate of drug-likeness (QED) is 0.147. The highest BCUT2D eigenvalue weighted by atomic mass is 15.1. The third kappa shape index (κ3) is 7.22. The minimum atomic E-state index is -0.212. The average Bonchev–Trinajstić information content (AvgIpc) is 3.79. The highest BCUT2D eigenvalue weighted by molar-refractivity contribution is 5.97. The van der Waals surface area contributed by atoms with Crippen LogP contribution in [0.1, 0.15) is 73.4 Å². The Morgan fingerprint density at radius 2 is 0.845 bits per heavy atom. The van der Waals surface area contributed by atoms with Gasteiger partial charge in [-0.1, -0.05) is 228 Å². The van der Waals surface area contributed by atoms with Crippen molar-refractivity contribution in [2.24, 2.45) is 0 Å². The summed E-state index contributed by atoms with van der Waals surface area (Å²) < 4.78 is 0. The van der Waals surface area contributed by atoms with E-state index in [1.165, 1.54) is 105 Å². The number of allylic oxidation sites excluding steroid dienone is 4. The number of hydrogen-bond donors (Lipinski definition) is 0. The van der Waals surface area contributed by atoms with Gasteiger partial charge in [-0.15, -0.1) is 0 Å². The second-order valence-electron chi connectivity index (χ2n) is 20.9. The van der Waals surface area contributed by atoms with Gasteiger partial charge in [0.25, 0.3) is 0 Å². The third-order valence-electron chi connectivity index (χ3n) is 16.0. The minimum absolute atomic E-state index is 0.189. The first-order valence-corrected chi connectivity index (χ1v) is 25.3. The van der Waals surface area contributed by atoms with Gasteiger partial charge in [0, 0.05) is 33.8 Å². The van der Waals surface area contributed by atoms with Gasteiger partial charge in [0.1, 0.15) is 0 Å². The van der Waals surface area contributed by atoms with Crippen LogP contribution < -0.4 is 4.90 Å². The summed E-state index contributed by atoms with van der Waals surface area (Å²) in [4.78, 5) is 2.49. The lowest BCUT2D eigenvalue weighted by Crippen LogP contribution is -2.18. The molecule has 0 aromatic heterocycles. The van der Waals surface area contributed by atoms with E-state index in [1.54, 1.807) is 0 Å². The molecular formula is C70H55N. The zero-order chi connectivity index (χ0) is 47.8. The first-order chi connectivity index (χ1) is 34.7. The van der Waals surface area contributed by atoms with Crippen molar-refractivity contribution >= 4 is 33.4 Å². The minimum Gasteiger partial charge on any atom is -0.310 e. The molecule has 0 spiro atoms. The summed E-state index contributed by atoms with van der Waals surface area (Å²) in [5.41, 5.74) is 25.2. The van der Waals surface area contributed by atoms with Gasteiger partial charge >= 0.3 is 0 Å². The van der Waals surface area contributed by atoms with Crippen molar-refractivity contribution in [2.75, 3.05) is 4.90 Å². The molecule has 1 nitrogen and oxygen atoms in total. The predicted molar refractivity (Wildman–Crippen MR) is 301 cm³/mol. The van der Waals surface area contributed by atoms with Gasteiger partial charge in [-0.3, -0.25) is 0 Å². The van der Waals surface area contributed by atoms with E-state index in [0.29, 0.717) is 5.92 Å². The maximum Gasteiger partial charge on any atom is 0.0465 e. The van der Waals surface area contributed by atoms with Gasteiger partial charge in [-0.05, 0) is 154 Å². The van der Waals surface area contributed by atoms with E-state index >= 15 is 0 Å². The SMILES string of the molecule is CC1(C)c2cc(-c3ccc(-c4ccccc4)cc3)ccc2-c2ccc(N(c3ccc(-c4cccc5ccccc45)cc3)c3ccc4c(c3)C(C)(C)c3cc(C5C=CC(c6ccccc6)=CC5)ccc3-4)cc21. The molecule has 0 heterocycles. The van der Waals surface area contributed by atoms with E-state index in [1.807, 2.05) is 0 Å². The van der Waals surface area contributed by atoms with Gasteiger partial charge in [-0.2, -0.15) is 0 Å². The summed E-state index contributed by atoms with van der Waals surface area (Å²) in [7, 11) is 0. The van der Waals surface area contributed by atoms with Crippen molar-refractivity contribution in [3.8, 4) is 55.6 Å². The van der Waals surface area contributed by atoms with Crippen LogP contribution in [0, 0.1) is 0 Å². The van der Waals surface area contributed by atoms with Gasteiger partial charge in [0.15, 0.2) is 0 Å². The second-order valence-corrected chi connectivity index (χ2v) is 20.9. The predicted octanol–water partition coefficient (Wildman–Crippen LogP) is 19.1. The fourth-order valence-corrected chi connectivity index (χ4v) is 12.1. The topological polar surface area (TPSA) is 3.24 Å². The maximum absolute atomic E-state index is 2.50. The fourth-order valence-electron chi connectivity index (χ4n) is 12.1. The van der Waals surface area contributed by atoms with Gasteiger partial charge in [0.05, 0.1) is 0 Å². The number of anilines is 3. The maximum atomic E-state index is 2.50. The van der Waals surface area contributed by atoms with Gasteiger partial charge < -0.3 is 4.90 Å². The molecule has 1 heteroatoms. The van der Waals surface area contributed by atoms with Crippen LogP contribution in [-0.2, 0) is 10.8 Å². The Bertz CT molecular complexity index is 3750. The second kappa shape index (κ2) is 16.7. The number of rotatable bonds is 8. The van der Waals surface area contributed by atoms with Crippen LogP contribution in [0.4, 0.5) is 17.1 Å². The molecule has 10 aromatic carbocycles. The highest BCUT2D eigenvalue weighted by Crippen LogP contribution is 2.54. The van der Waals surface area contributed by atoms with Crippen LogP contribution in [0.2, 0.25) is 0 Å². The highest BCUT2D eigenvalue weighted by Gasteiger charge is 2.38. The van der Waals surface area contributed by atoms with Crippen LogP contribution >= 0.6 is 0 Å². The standard InChI is InChI=1S/C70H55N/c1-69(2)65-42-54(50-26-22-48(23-27-50)46-14-7-5-8-15-46)32-38-61(65)63-40-36-57(44-67(63)69)71(56-34-30-53(31-35-56)60-21-13-19-52-18-11-12-20-59(52)60)58-37-41-64-62-39-33-55(43-66(62)70(3,4)68(64)45-58)51-28-24-49(25-29-51)47-16-9-6-10-17-47/h5-28,30-45,51H,29H2,1-4H3. The van der Waals surface area contributed by atoms with Crippen LogP contribution in [0.5, 0.6) is 0 Å². The lowest BCUT2D eigenvalue weighted by Gasteiger charge is -2.30. The zero-order valence-corrected chi connectivity index (χ0v) is 40.8. The van der Waals surface area contributed by atoms with Gasteiger partial charge in [0.2, 0.25) is 0 Å². The van der Waals surface area contributed by atoms with E-state index in [9.17, 15) is 0 Å². The van der Waals surface area contributed by atoms with Crippen molar-refractivity contribution < 1.29 is 0 Å². The average molecular weight is 910 g/mol. The summed E-state index contributed by atoms with van der Waals surface area (Å²) in [6.07, 6.45) is 8.12. The molecule has 1 unspecified atom stereocenters. The molecule has 0 saturated heterocycles. The molecule has 340 valence electrons. The Hall–Kier alpha value is -8.26. The van der Waals surface area contributed by atoms with E-state index in [-0.39, 0.29) is 10.8 Å². The van der Waals surface area contributed by atoms with Crippen LogP contribution in [0.3, 0.4) is 0 Å². The zero-order valence-electron chi connectivity index (χ0n) is 40.8. The molecule has 13 rings (SSSR count). The Balaban J connectivity index is 0.869. The first kappa shape index (κ1) is 42.8. The molecule has 0 saturated carbocycles. The summed E-state index contributed by atoms with van der Waals surface area (Å²) in [6, 6.07) is 83.7. The molecule has 0 fully saturated rings. The monoisotopic (exact) mass is 909 g/mol. The van der Waals surface area contributed by atoms with E-state index in [4.69, 9.17) is 0 Å². The summed E-state index contributed by atoms with van der Waals surface area (Å²) in [5, 5.41) is 2.52. The molecule has 71 heavy (non-hydrogen) atoms. The molecule has 10 aromatic rings. The fraction of sp³-hybridized carbons (Fsp3) is 0.114. The molecular weight excluding hydrogens is 855 g/mol. The normalized spacial score (nSPS) is 15.7. The molecule has 0 aliphatic heterocycles. The molecule has 0 radical (unpaired) electrons. The molecule has 0 amide bonds. The summed E-state index contributed by atoms with van der Waals surface area (Å²) in [5.74, 6) is 0.350. The summed E-state index contributed by atoms with van der Waals surface area (Å²) in [6.45, 7) is 9.63. The molecule has 3 aliphatic carbocycles. The third-order valence-corrected chi connectivity index (χ3v) is 16.0. The van der Waals surface area contributed by atoms with Crippen molar-refractivity contribution in [3.05, 3.63) is 276 Å². The Kier molecular flexibility index (Phi) is 10.1. The van der Waals surface area contributed by atoms with Crippen LogP contribution in [0.15, 0.2) is 243 Å². The van der Waals surface area contributed by atoms with Crippen LogP contribution in [-0.4, -0.2) is 0 Å². The number of fused-ring (bicyclic) bond motifs is 7.